The van der Waals surface area contributed by atoms with E-state index in [4.69, 9.17) is 9.47 Å². The van der Waals surface area contributed by atoms with Gasteiger partial charge < -0.3 is 14.5 Å². The topological polar surface area (TPSA) is 102 Å². The van der Waals surface area contributed by atoms with E-state index < -0.39 is 10.0 Å². The first-order valence-electron chi connectivity index (χ1n) is 8.35. The van der Waals surface area contributed by atoms with Crippen molar-refractivity contribution in [2.45, 2.75) is 17.9 Å². The lowest BCUT2D eigenvalue weighted by Gasteiger charge is -2.12. The van der Waals surface area contributed by atoms with Crippen LogP contribution in [0.2, 0.25) is 0 Å². The molecular weight excluding hydrogens is 370 g/mol. The predicted molar refractivity (Wildman–Crippen MR) is 102 cm³/mol. The van der Waals surface area contributed by atoms with Crippen LogP contribution < -0.4 is 19.9 Å². The van der Waals surface area contributed by atoms with Crippen LogP contribution in [0.15, 0.2) is 52.2 Å². The van der Waals surface area contributed by atoms with Crippen molar-refractivity contribution in [3.8, 4) is 11.5 Å². The van der Waals surface area contributed by atoms with Crippen LogP contribution in [0.5, 0.6) is 11.5 Å². The van der Waals surface area contributed by atoms with Gasteiger partial charge in [-0.2, -0.15) is 0 Å². The van der Waals surface area contributed by atoms with Gasteiger partial charge in [0.15, 0.2) is 0 Å². The number of fused-ring (bicyclic) bond motifs is 1. The summed E-state index contributed by atoms with van der Waals surface area (Å²) in [5.74, 6) is 0.708. The van der Waals surface area contributed by atoms with Gasteiger partial charge in [0.1, 0.15) is 16.4 Å². The zero-order valence-electron chi connectivity index (χ0n) is 15.1. The molecule has 3 aromatic rings. The standard InChI is InChI=1S/C18H21N3O5S/c1-25-13-8-9-17(16(12-13)26-2)27(23,24)19-10-5-11-21-15-7-4-3-6-14(15)20-18(21)22/h3-4,6-9,12,19H,5,10-11H2,1-2H3,(H,20,22). The Balaban J connectivity index is 1.68. The number of aromatic amines is 1. The molecular formula is C18H21N3O5S. The van der Waals surface area contributed by atoms with E-state index in [1.54, 1.807) is 10.6 Å². The third kappa shape index (κ3) is 3.99. The SMILES string of the molecule is COc1ccc(S(=O)(=O)NCCCn2c(=O)[nH]c3ccccc32)c(OC)c1. The number of methoxy groups -OCH3 is 2. The fourth-order valence-electron chi connectivity index (χ4n) is 2.85. The number of rotatable bonds is 8. The van der Waals surface area contributed by atoms with Crippen molar-refractivity contribution in [2.75, 3.05) is 20.8 Å². The number of aromatic nitrogens is 2. The lowest BCUT2D eigenvalue weighted by molar-refractivity contribution is 0.386. The monoisotopic (exact) mass is 391 g/mol. The highest BCUT2D eigenvalue weighted by molar-refractivity contribution is 7.89. The van der Waals surface area contributed by atoms with E-state index in [2.05, 4.69) is 9.71 Å². The number of nitrogens with one attached hydrogen (secondary N) is 2. The van der Waals surface area contributed by atoms with E-state index in [0.717, 1.165) is 11.0 Å². The molecule has 0 bridgehead atoms. The minimum absolute atomic E-state index is 0.0371. The molecule has 1 aromatic heterocycles. The fraction of sp³-hybridized carbons (Fsp3) is 0.278. The molecule has 3 rings (SSSR count). The van der Waals surface area contributed by atoms with Crippen molar-refractivity contribution in [1.29, 1.82) is 0 Å². The van der Waals surface area contributed by atoms with Crippen LogP contribution in [0.3, 0.4) is 0 Å². The molecule has 0 saturated carbocycles. The second kappa shape index (κ2) is 7.85. The first-order valence-corrected chi connectivity index (χ1v) is 9.84. The molecule has 0 aliphatic heterocycles. The van der Waals surface area contributed by atoms with Gasteiger partial charge in [0.25, 0.3) is 0 Å². The second-order valence-electron chi connectivity index (χ2n) is 5.87. The summed E-state index contributed by atoms with van der Waals surface area (Å²) in [5, 5.41) is 0. The highest BCUT2D eigenvalue weighted by Crippen LogP contribution is 2.28. The third-order valence-electron chi connectivity index (χ3n) is 4.19. The number of hydrogen-bond donors (Lipinski definition) is 2. The predicted octanol–water partition coefficient (Wildman–Crippen LogP) is 1.72. The molecule has 0 spiro atoms. The van der Waals surface area contributed by atoms with Crippen molar-refractivity contribution in [1.82, 2.24) is 14.3 Å². The summed E-state index contributed by atoms with van der Waals surface area (Å²) in [6.07, 6.45) is 0.458. The van der Waals surface area contributed by atoms with E-state index in [9.17, 15) is 13.2 Å². The highest BCUT2D eigenvalue weighted by Gasteiger charge is 2.19. The molecule has 0 amide bonds. The van der Waals surface area contributed by atoms with E-state index in [-0.39, 0.29) is 22.9 Å². The number of aryl methyl sites for hydroxylation is 1. The van der Waals surface area contributed by atoms with E-state index >= 15 is 0 Å². The average Bonchev–Trinajstić information content (AvgIpc) is 2.99. The van der Waals surface area contributed by atoms with Gasteiger partial charge in [-0.3, -0.25) is 4.57 Å². The Labute approximate surface area is 156 Å². The number of nitrogens with zero attached hydrogens (tertiary/aromatic N) is 1. The molecule has 0 saturated heterocycles. The molecule has 0 atom stereocenters. The number of para-hydroxylation sites is 2. The minimum atomic E-state index is -3.75. The van der Waals surface area contributed by atoms with Crippen LogP contribution in [-0.2, 0) is 16.6 Å². The lowest BCUT2D eigenvalue weighted by atomic mass is 10.3. The largest absolute Gasteiger partial charge is 0.497 e. The summed E-state index contributed by atoms with van der Waals surface area (Å²) in [6.45, 7) is 0.578. The Kier molecular flexibility index (Phi) is 5.52. The van der Waals surface area contributed by atoms with E-state index in [1.165, 1.54) is 26.4 Å². The fourth-order valence-corrected chi connectivity index (χ4v) is 4.07. The zero-order chi connectivity index (χ0) is 19.4. The van der Waals surface area contributed by atoms with Crippen LogP contribution in [0.25, 0.3) is 11.0 Å². The molecule has 144 valence electrons. The maximum atomic E-state index is 12.5. The van der Waals surface area contributed by atoms with Gasteiger partial charge in [-0.15, -0.1) is 0 Å². The lowest BCUT2D eigenvalue weighted by Crippen LogP contribution is -2.27. The summed E-state index contributed by atoms with van der Waals surface area (Å²) < 4.78 is 39.5. The maximum Gasteiger partial charge on any atom is 0.326 e. The number of sulfonamides is 1. The second-order valence-corrected chi connectivity index (χ2v) is 7.60. The van der Waals surface area contributed by atoms with Crippen LogP contribution in [-0.4, -0.2) is 38.7 Å². The van der Waals surface area contributed by atoms with Crippen molar-refractivity contribution in [2.24, 2.45) is 0 Å². The summed E-state index contributed by atoms with van der Waals surface area (Å²) in [7, 11) is -0.854. The molecule has 0 aliphatic carbocycles. The van der Waals surface area contributed by atoms with E-state index in [1.807, 2.05) is 24.3 Å². The Morgan fingerprint density at radius 3 is 2.63 bits per heavy atom. The molecule has 9 heteroatoms. The van der Waals surface area contributed by atoms with Gasteiger partial charge in [-0.1, -0.05) is 12.1 Å². The Bertz CT molecular complexity index is 1100. The van der Waals surface area contributed by atoms with Crippen LogP contribution in [0, 0.1) is 0 Å². The van der Waals surface area contributed by atoms with Crippen molar-refractivity contribution in [3.63, 3.8) is 0 Å². The molecule has 27 heavy (non-hydrogen) atoms. The van der Waals surface area contributed by atoms with Gasteiger partial charge >= 0.3 is 5.69 Å². The van der Waals surface area contributed by atoms with Gasteiger partial charge in [0, 0.05) is 19.2 Å². The molecule has 2 N–H and O–H groups in total. The van der Waals surface area contributed by atoms with Crippen LogP contribution in [0.4, 0.5) is 0 Å². The van der Waals surface area contributed by atoms with Gasteiger partial charge in [0.2, 0.25) is 10.0 Å². The van der Waals surface area contributed by atoms with Gasteiger partial charge in [0.05, 0.1) is 25.3 Å². The quantitative estimate of drug-likeness (QED) is 0.569. The molecule has 0 unspecified atom stereocenters. The van der Waals surface area contributed by atoms with Crippen molar-refractivity contribution < 1.29 is 17.9 Å². The van der Waals surface area contributed by atoms with Crippen LogP contribution >= 0.6 is 0 Å². The average molecular weight is 391 g/mol. The Morgan fingerprint density at radius 1 is 1.11 bits per heavy atom. The highest BCUT2D eigenvalue weighted by atomic mass is 32.2. The number of hydrogen-bond acceptors (Lipinski definition) is 5. The van der Waals surface area contributed by atoms with Crippen molar-refractivity contribution in [3.05, 3.63) is 52.9 Å². The molecule has 0 radical (unpaired) electrons. The van der Waals surface area contributed by atoms with E-state index in [0.29, 0.717) is 18.7 Å². The van der Waals surface area contributed by atoms with Gasteiger partial charge in [-0.25, -0.2) is 17.9 Å². The first-order chi connectivity index (χ1) is 13.0. The maximum absolute atomic E-state index is 12.5. The molecule has 8 nitrogen and oxygen atoms in total. The Hall–Kier alpha value is -2.78. The van der Waals surface area contributed by atoms with Crippen molar-refractivity contribution >= 4 is 21.1 Å². The summed E-state index contributed by atoms with van der Waals surface area (Å²) in [5.41, 5.74) is 1.34. The molecule has 0 aliphatic rings. The minimum Gasteiger partial charge on any atom is -0.497 e. The Morgan fingerprint density at radius 2 is 1.89 bits per heavy atom. The molecule has 2 aromatic carbocycles. The number of H-pyrrole nitrogens is 1. The smallest absolute Gasteiger partial charge is 0.326 e. The normalized spacial score (nSPS) is 11.6. The number of ether oxygens (including phenoxy) is 2. The first kappa shape index (κ1) is 19.0. The third-order valence-corrected chi connectivity index (χ3v) is 5.69. The molecule has 1 heterocycles. The van der Waals surface area contributed by atoms with Crippen LogP contribution in [0.1, 0.15) is 6.42 Å². The van der Waals surface area contributed by atoms with Gasteiger partial charge in [-0.05, 0) is 30.7 Å². The number of benzene rings is 2. The number of imidazole rings is 1. The zero-order valence-corrected chi connectivity index (χ0v) is 15.9. The summed E-state index contributed by atoms with van der Waals surface area (Å²) in [4.78, 5) is 14.8. The summed E-state index contributed by atoms with van der Waals surface area (Å²) >= 11 is 0. The summed E-state index contributed by atoms with van der Waals surface area (Å²) in [6, 6.07) is 11.9. The molecule has 0 fully saturated rings.